The molecule has 0 saturated heterocycles. The van der Waals surface area contributed by atoms with E-state index in [2.05, 4.69) is 15.6 Å². The molecular weight excluding hydrogens is 318 g/mol. The zero-order valence-electron chi connectivity index (χ0n) is 12.5. The lowest BCUT2D eigenvalue weighted by molar-refractivity contribution is -0.143. The SMILES string of the molecule is Cc1cccnc1NC(=O)C1(C)Oc2ccc(Cl)cc2NC1=O. The van der Waals surface area contributed by atoms with E-state index in [0.717, 1.165) is 5.56 Å². The average molecular weight is 332 g/mol. The number of ether oxygens (including phenoxy) is 1. The summed E-state index contributed by atoms with van der Waals surface area (Å²) in [4.78, 5) is 29.0. The molecule has 1 aromatic carbocycles. The molecule has 1 aromatic heterocycles. The quantitative estimate of drug-likeness (QED) is 0.829. The maximum absolute atomic E-state index is 12.6. The van der Waals surface area contributed by atoms with Crippen LogP contribution in [0.5, 0.6) is 5.75 Å². The maximum atomic E-state index is 12.6. The van der Waals surface area contributed by atoms with Gasteiger partial charge < -0.3 is 15.4 Å². The topological polar surface area (TPSA) is 80.3 Å². The van der Waals surface area contributed by atoms with Gasteiger partial charge in [0.15, 0.2) is 0 Å². The highest BCUT2D eigenvalue weighted by atomic mass is 35.5. The molecule has 1 aliphatic heterocycles. The van der Waals surface area contributed by atoms with Crippen molar-refractivity contribution >= 4 is 34.9 Å². The van der Waals surface area contributed by atoms with Crippen LogP contribution in [0.15, 0.2) is 36.5 Å². The molecule has 1 aliphatic rings. The van der Waals surface area contributed by atoms with Crippen molar-refractivity contribution in [1.29, 1.82) is 0 Å². The van der Waals surface area contributed by atoms with Crippen molar-refractivity contribution in [2.75, 3.05) is 10.6 Å². The number of hydrogen-bond donors (Lipinski definition) is 2. The predicted octanol–water partition coefficient (Wildman–Crippen LogP) is 2.77. The number of benzene rings is 1. The van der Waals surface area contributed by atoms with Crippen molar-refractivity contribution in [2.24, 2.45) is 0 Å². The number of nitrogens with zero attached hydrogens (tertiary/aromatic N) is 1. The van der Waals surface area contributed by atoms with Crippen LogP contribution in [-0.4, -0.2) is 22.4 Å². The Morgan fingerprint density at radius 2 is 2.17 bits per heavy atom. The molecule has 0 aliphatic carbocycles. The fourth-order valence-corrected chi connectivity index (χ4v) is 2.36. The largest absolute Gasteiger partial charge is 0.466 e. The van der Waals surface area contributed by atoms with E-state index in [9.17, 15) is 9.59 Å². The summed E-state index contributed by atoms with van der Waals surface area (Å²) >= 11 is 5.89. The van der Waals surface area contributed by atoms with Crippen LogP contribution in [0.4, 0.5) is 11.5 Å². The zero-order valence-corrected chi connectivity index (χ0v) is 13.3. The number of amides is 2. The number of carbonyl (C=O) groups excluding carboxylic acids is 2. The molecule has 0 fully saturated rings. The van der Waals surface area contributed by atoms with Crippen LogP contribution >= 0.6 is 11.6 Å². The fourth-order valence-electron chi connectivity index (χ4n) is 2.19. The lowest BCUT2D eigenvalue weighted by Gasteiger charge is -2.33. The number of carbonyl (C=O) groups is 2. The van der Waals surface area contributed by atoms with Gasteiger partial charge in [-0.15, -0.1) is 0 Å². The third kappa shape index (κ3) is 2.73. The lowest BCUT2D eigenvalue weighted by Crippen LogP contribution is -2.56. The Bertz CT molecular complexity index is 809. The maximum Gasteiger partial charge on any atom is 0.279 e. The minimum absolute atomic E-state index is 0.379. The van der Waals surface area contributed by atoms with Gasteiger partial charge in [0.1, 0.15) is 11.6 Å². The first-order valence-electron chi connectivity index (χ1n) is 6.93. The second-order valence-corrected chi connectivity index (χ2v) is 5.79. The third-order valence-electron chi connectivity index (χ3n) is 3.61. The van der Waals surface area contributed by atoms with Crippen molar-refractivity contribution in [3.8, 4) is 5.75 Å². The number of aryl methyl sites for hydroxylation is 1. The first-order chi connectivity index (χ1) is 10.9. The second kappa shape index (κ2) is 5.55. The summed E-state index contributed by atoms with van der Waals surface area (Å²) in [6.07, 6.45) is 1.56. The molecule has 0 radical (unpaired) electrons. The summed E-state index contributed by atoms with van der Waals surface area (Å²) in [6.45, 7) is 3.22. The van der Waals surface area contributed by atoms with E-state index in [0.29, 0.717) is 22.3 Å². The van der Waals surface area contributed by atoms with Gasteiger partial charge in [-0.2, -0.15) is 0 Å². The van der Waals surface area contributed by atoms with E-state index in [1.807, 2.05) is 13.0 Å². The molecule has 2 amide bonds. The highest BCUT2D eigenvalue weighted by Gasteiger charge is 2.47. The first kappa shape index (κ1) is 15.3. The summed E-state index contributed by atoms with van der Waals surface area (Å²) in [6, 6.07) is 8.36. The van der Waals surface area contributed by atoms with Crippen molar-refractivity contribution in [3.05, 3.63) is 47.1 Å². The van der Waals surface area contributed by atoms with Crippen LogP contribution in [0, 0.1) is 6.92 Å². The molecule has 2 heterocycles. The molecule has 3 rings (SSSR count). The van der Waals surface area contributed by atoms with E-state index < -0.39 is 17.4 Å². The van der Waals surface area contributed by atoms with Gasteiger partial charge in [0.2, 0.25) is 0 Å². The molecule has 23 heavy (non-hydrogen) atoms. The molecular formula is C16H14ClN3O3. The Morgan fingerprint density at radius 1 is 1.39 bits per heavy atom. The highest BCUT2D eigenvalue weighted by molar-refractivity contribution is 6.31. The molecule has 1 unspecified atom stereocenters. The van der Waals surface area contributed by atoms with E-state index in [1.165, 1.54) is 6.92 Å². The molecule has 0 spiro atoms. The summed E-state index contributed by atoms with van der Waals surface area (Å²) in [5.41, 5.74) is -0.486. The van der Waals surface area contributed by atoms with Crippen molar-refractivity contribution < 1.29 is 14.3 Å². The van der Waals surface area contributed by atoms with Gasteiger partial charge in [0, 0.05) is 11.2 Å². The van der Waals surface area contributed by atoms with Crippen LogP contribution < -0.4 is 15.4 Å². The number of pyridine rings is 1. The zero-order chi connectivity index (χ0) is 16.6. The smallest absolute Gasteiger partial charge is 0.279 e. The Balaban J connectivity index is 1.89. The molecule has 2 aromatic rings. The molecule has 0 bridgehead atoms. The minimum Gasteiger partial charge on any atom is -0.466 e. The van der Waals surface area contributed by atoms with Gasteiger partial charge in [0.25, 0.3) is 17.4 Å². The molecule has 2 N–H and O–H groups in total. The monoisotopic (exact) mass is 331 g/mol. The van der Waals surface area contributed by atoms with Gasteiger partial charge in [-0.1, -0.05) is 17.7 Å². The van der Waals surface area contributed by atoms with Crippen LogP contribution in [0.25, 0.3) is 0 Å². The Morgan fingerprint density at radius 3 is 2.91 bits per heavy atom. The number of halogens is 1. The molecule has 118 valence electrons. The van der Waals surface area contributed by atoms with Crippen molar-refractivity contribution in [3.63, 3.8) is 0 Å². The van der Waals surface area contributed by atoms with Crippen LogP contribution in [0.2, 0.25) is 5.02 Å². The van der Waals surface area contributed by atoms with Crippen LogP contribution in [0.3, 0.4) is 0 Å². The fraction of sp³-hybridized carbons (Fsp3) is 0.188. The Labute approximate surface area is 137 Å². The standard InChI is InChI=1S/C16H14ClN3O3/c1-9-4-3-7-18-13(9)20-15(22)16(2)14(21)19-11-8-10(17)5-6-12(11)23-16/h3-8H,1-2H3,(H,19,21)(H,18,20,22). The predicted molar refractivity (Wildman–Crippen MR) is 86.7 cm³/mol. The third-order valence-corrected chi connectivity index (χ3v) is 3.85. The highest BCUT2D eigenvalue weighted by Crippen LogP contribution is 2.36. The van der Waals surface area contributed by atoms with Gasteiger partial charge >= 0.3 is 0 Å². The number of aromatic nitrogens is 1. The second-order valence-electron chi connectivity index (χ2n) is 5.35. The summed E-state index contributed by atoms with van der Waals surface area (Å²) in [5, 5.41) is 5.74. The van der Waals surface area contributed by atoms with E-state index >= 15 is 0 Å². The molecule has 0 saturated carbocycles. The number of anilines is 2. The number of nitrogens with one attached hydrogen (secondary N) is 2. The van der Waals surface area contributed by atoms with Gasteiger partial charge in [-0.05, 0) is 43.7 Å². The average Bonchev–Trinajstić information content (AvgIpc) is 2.51. The molecule has 7 heteroatoms. The van der Waals surface area contributed by atoms with Crippen molar-refractivity contribution in [1.82, 2.24) is 4.98 Å². The molecule has 6 nitrogen and oxygen atoms in total. The lowest BCUT2D eigenvalue weighted by atomic mass is 10.0. The van der Waals surface area contributed by atoms with Crippen molar-refractivity contribution in [2.45, 2.75) is 19.4 Å². The summed E-state index contributed by atoms with van der Waals surface area (Å²) < 4.78 is 5.65. The van der Waals surface area contributed by atoms with Gasteiger partial charge in [0.05, 0.1) is 5.69 Å². The number of hydrogen-bond acceptors (Lipinski definition) is 4. The minimum atomic E-state index is -1.70. The van der Waals surface area contributed by atoms with Crippen LogP contribution in [-0.2, 0) is 9.59 Å². The van der Waals surface area contributed by atoms with E-state index in [-0.39, 0.29) is 0 Å². The number of fused-ring (bicyclic) bond motifs is 1. The van der Waals surface area contributed by atoms with E-state index in [1.54, 1.807) is 30.5 Å². The Hall–Kier alpha value is -2.60. The van der Waals surface area contributed by atoms with E-state index in [4.69, 9.17) is 16.3 Å². The van der Waals surface area contributed by atoms with Crippen LogP contribution in [0.1, 0.15) is 12.5 Å². The van der Waals surface area contributed by atoms with Gasteiger partial charge in [-0.25, -0.2) is 4.98 Å². The summed E-state index contributed by atoms with van der Waals surface area (Å²) in [7, 11) is 0. The Kier molecular flexibility index (Phi) is 3.69. The normalized spacial score (nSPS) is 19.3. The molecule has 1 atom stereocenters. The van der Waals surface area contributed by atoms with Gasteiger partial charge in [-0.3, -0.25) is 9.59 Å². The summed E-state index contributed by atoms with van der Waals surface area (Å²) in [5.74, 6) is -0.405. The first-order valence-corrected chi connectivity index (χ1v) is 7.31. The number of rotatable bonds is 2.